The zero-order valence-electron chi connectivity index (χ0n) is 28.2. The Morgan fingerprint density at radius 2 is 1.16 bits per heavy atom. The van der Waals surface area contributed by atoms with Crippen LogP contribution in [0.1, 0.15) is 45.7 Å². The van der Waals surface area contributed by atoms with Crippen LogP contribution in [0.4, 0.5) is 0 Å². The molecule has 4 aromatic carbocycles. The molecule has 0 atom stereocenters. The molecule has 246 valence electrons. The van der Waals surface area contributed by atoms with Gasteiger partial charge in [-0.15, -0.1) is 0 Å². The summed E-state index contributed by atoms with van der Waals surface area (Å²) >= 11 is 0. The van der Waals surface area contributed by atoms with Crippen molar-refractivity contribution >= 4 is 33.6 Å². The molecule has 0 radical (unpaired) electrons. The average molecular weight is 649 g/mol. The van der Waals surface area contributed by atoms with E-state index >= 15 is 0 Å². The Morgan fingerprint density at radius 1 is 0.673 bits per heavy atom. The van der Waals surface area contributed by atoms with Crippen LogP contribution in [0.3, 0.4) is 0 Å². The van der Waals surface area contributed by atoms with E-state index in [0.29, 0.717) is 30.8 Å². The van der Waals surface area contributed by atoms with Gasteiger partial charge in [-0.1, -0.05) is 98.8 Å². The van der Waals surface area contributed by atoms with Gasteiger partial charge in [-0.05, 0) is 48.2 Å². The predicted octanol–water partition coefficient (Wildman–Crippen LogP) is 6.01. The second-order valence-corrected chi connectivity index (χ2v) is 12.8. The minimum Gasteiger partial charge on any atom is -0.346 e. The third-order valence-corrected chi connectivity index (χ3v) is 9.75. The molecule has 1 fully saturated rings. The Hall–Kier alpha value is -5.40. The fourth-order valence-corrected chi connectivity index (χ4v) is 6.73. The Labute approximate surface area is 287 Å². The summed E-state index contributed by atoms with van der Waals surface area (Å²) in [4.78, 5) is 40.6. The molecular weight excluding hydrogens is 606 g/mol. The summed E-state index contributed by atoms with van der Waals surface area (Å²) in [7, 11) is 0. The number of benzene rings is 4. The SMILES string of the molecule is CCc1ccc(-c2cc(C(=O)NCC[NH+]3CCN(C(=O)c4cc(-c5ccc(CC)cc5)nc5ccccc45)CC3)c3ccccc3n2)cc1. The lowest BCUT2D eigenvalue weighted by atomic mass is 10.0. The van der Waals surface area contributed by atoms with Crippen molar-refractivity contribution in [2.24, 2.45) is 0 Å². The quantitative estimate of drug-likeness (QED) is 0.201. The van der Waals surface area contributed by atoms with Gasteiger partial charge in [-0.2, -0.15) is 0 Å². The number of piperazine rings is 1. The van der Waals surface area contributed by atoms with Crippen LogP contribution in [0.5, 0.6) is 0 Å². The van der Waals surface area contributed by atoms with Crippen LogP contribution in [0, 0.1) is 0 Å². The van der Waals surface area contributed by atoms with Gasteiger partial charge < -0.3 is 15.1 Å². The standard InChI is InChI=1S/C42H41N5O2/c1-3-29-13-17-31(18-14-29)39-27-35(33-9-5-7-11-37(33)44-39)41(48)43-21-22-46-23-25-47(26-24-46)42(49)36-28-40(32-19-15-30(4-2)16-20-32)45-38-12-8-6-10-34(36)38/h5-20,27-28H,3-4,21-26H2,1-2H3,(H,43,48)/p+1. The van der Waals surface area contributed by atoms with E-state index in [2.05, 4.69) is 67.7 Å². The summed E-state index contributed by atoms with van der Waals surface area (Å²) in [6.45, 7) is 8.60. The van der Waals surface area contributed by atoms with E-state index in [1.54, 1.807) is 0 Å². The summed E-state index contributed by atoms with van der Waals surface area (Å²) in [6.07, 6.45) is 1.96. The van der Waals surface area contributed by atoms with Gasteiger partial charge in [0.2, 0.25) is 0 Å². The minimum absolute atomic E-state index is 0.0436. The molecule has 1 saturated heterocycles. The Balaban J connectivity index is 0.998. The van der Waals surface area contributed by atoms with E-state index in [1.807, 2.05) is 65.6 Å². The molecule has 49 heavy (non-hydrogen) atoms. The smallest absolute Gasteiger partial charge is 0.255 e. The van der Waals surface area contributed by atoms with Crippen molar-refractivity contribution in [1.82, 2.24) is 20.2 Å². The van der Waals surface area contributed by atoms with Crippen molar-refractivity contribution in [3.8, 4) is 22.5 Å². The van der Waals surface area contributed by atoms with Crippen LogP contribution in [-0.4, -0.2) is 66.0 Å². The summed E-state index contributed by atoms with van der Waals surface area (Å²) in [5, 5.41) is 4.89. The second kappa shape index (κ2) is 14.4. The highest BCUT2D eigenvalue weighted by Crippen LogP contribution is 2.27. The van der Waals surface area contributed by atoms with Crippen LogP contribution in [0.15, 0.2) is 109 Å². The van der Waals surface area contributed by atoms with Gasteiger partial charge in [0.25, 0.3) is 11.8 Å². The Bertz CT molecular complexity index is 2110. The van der Waals surface area contributed by atoms with Crippen molar-refractivity contribution < 1.29 is 14.5 Å². The lowest BCUT2D eigenvalue weighted by Crippen LogP contribution is -3.15. The maximum absolute atomic E-state index is 14.0. The highest BCUT2D eigenvalue weighted by Gasteiger charge is 2.26. The maximum atomic E-state index is 14.0. The molecule has 0 bridgehead atoms. The van der Waals surface area contributed by atoms with Crippen LogP contribution in [-0.2, 0) is 12.8 Å². The van der Waals surface area contributed by atoms with Gasteiger partial charge in [0.15, 0.2) is 0 Å². The highest BCUT2D eigenvalue weighted by atomic mass is 16.2. The van der Waals surface area contributed by atoms with Crippen molar-refractivity contribution in [2.75, 3.05) is 39.3 Å². The van der Waals surface area contributed by atoms with E-state index in [1.165, 1.54) is 16.0 Å². The number of aromatic nitrogens is 2. The Morgan fingerprint density at radius 3 is 1.69 bits per heavy atom. The first-order valence-electron chi connectivity index (χ1n) is 17.4. The zero-order valence-corrected chi connectivity index (χ0v) is 28.2. The van der Waals surface area contributed by atoms with E-state index in [0.717, 1.165) is 76.8 Å². The van der Waals surface area contributed by atoms with E-state index in [-0.39, 0.29) is 11.8 Å². The molecule has 0 unspecified atom stereocenters. The molecule has 7 heteroatoms. The predicted molar refractivity (Wildman–Crippen MR) is 197 cm³/mol. The van der Waals surface area contributed by atoms with Gasteiger partial charge in [0.1, 0.15) is 0 Å². The van der Waals surface area contributed by atoms with Crippen LogP contribution in [0.2, 0.25) is 0 Å². The first-order chi connectivity index (χ1) is 24.0. The molecule has 2 aromatic heterocycles. The first kappa shape index (κ1) is 32.2. The molecule has 3 heterocycles. The molecule has 2 N–H and O–H groups in total. The van der Waals surface area contributed by atoms with Crippen molar-refractivity contribution in [3.63, 3.8) is 0 Å². The lowest BCUT2D eigenvalue weighted by molar-refractivity contribution is -0.902. The normalized spacial score (nSPS) is 13.6. The van der Waals surface area contributed by atoms with Gasteiger partial charge in [-0.25, -0.2) is 9.97 Å². The van der Waals surface area contributed by atoms with Crippen LogP contribution < -0.4 is 10.2 Å². The summed E-state index contributed by atoms with van der Waals surface area (Å²) < 4.78 is 0. The number of fused-ring (bicyclic) bond motifs is 2. The lowest BCUT2D eigenvalue weighted by Gasteiger charge is -2.32. The number of aryl methyl sites for hydroxylation is 2. The van der Waals surface area contributed by atoms with E-state index < -0.39 is 0 Å². The van der Waals surface area contributed by atoms with E-state index in [4.69, 9.17) is 9.97 Å². The maximum Gasteiger partial charge on any atom is 0.255 e. The fraction of sp³-hybridized carbons (Fsp3) is 0.238. The van der Waals surface area contributed by atoms with E-state index in [9.17, 15) is 9.59 Å². The third kappa shape index (κ3) is 6.94. The summed E-state index contributed by atoms with van der Waals surface area (Å²) in [5.41, 5.74) is 9.11. The fourth-order valence-electron chi connectivity index (χ4n) is 6.73. The number of pyridine rings is 2. The topological polar surface area (TPSA) is 79.6 Å². The number of amides is 2. The molecule has 7 nitrogen and oxygen atoms in total. The van der Waals surface area contributed by atoms with Crippen LogP contribution in [0.25, 0.3) is 44.3 Å². The summed E-state index contributed by atoms with van der Waals surface area (Å²) in [6, 6.07) is 36.4. The summed E-state index contributed by atoms with van der Waals surface area (Å²) in [5.74, 6) is -0.0509. The average Bonchev–Trinajstić information content (AvgIpc) is 3.17. The monoisotopic (exact) mass is 648 g/mol. The third-order valence-electron chi connectivity index (χ3n) is 9.75. The van der Waals surface area contributed by atoms with Crippen molar-refractivity contribution in [3.05, 3.63) is 131 Å². The number of quaternary nitrogens is 1. The molecule has 2 amide bonds. The number of rotatable bonds is 9. The number of para-hydroxylation sites is 2. The highest BCUT2D eigenvalue weighted by molar-refractivity contribution is 6.08. The van der Waals surface area contributed by atoms with Crippen molar-refractivity contribution in [2.45, 2.75) is 26.7 Å². The number of nitrogens with one attached hydrogen (secondary N) is 2. The number of hydrogen-bond acceptors (Lipinski definition) is 4. The molecule has 0 spiro atoms. The molecule has 7 rings (SSSR count). The van der Waals surface area contributed by atoms with Gasteiger partial charge in [0.05, 0.1) is 72.8 Å². The molecule has 0 aliphatic carbocycles. The second-order valence-electron chi connectivity index (χ2n) is 12.8. The van der Waals surface area contributed by atoms with Crippen LogP contribution >= 0.6 is 0 Å². The molecule has 0 saturated carbocycles. The zero-order chi connectivity index (χ0) is 33.7. The van der Waals surface area contributed by atoms with Gasteiger partial charge in [-0.3, -0.25) is 9.59 Å². The molecule has 1 aliphatic rings. The molecule has 6 aromatic rings. The number of carbonyl (C=O) groups is 2. The number of carbonyl (C=O) groups excluding carboxylic acids is 2. The van der Waals surface area contributed by atoms with Crippen molar-refractivity contribution in [1.29, 1.82) is 0 Å². The first-order valence-corrected chi connectivity index (χ1v) is 17.4. The minimum atomic E-state index is -0.0945. The Kier molecular flexibility index (Phi) is 9.44. The van der Waals surface area contributed by atoms with Gasteiger partial charge in [0, 0.05) is 21.9 Å². The molecule has 1 aliphatic heterocycles. The van der Waals surface area contributed by atoms with Gasteiger partial charge >= 0.3 is 0 Å². The number of nitrogens with zero attached hydrogens (tertiary/aromatic N) is 3. The molecular formula is C42H42N5O2+. The number of hydrogen-bond donors (Lipinski definition) is 2. The largest absolute Gasteiger partial charge is 0.346 e.